The topological polar surface area (TPSA) is 28.2 Å². The van der Waals surface area contributed by atoms with E-state index in [-0.39, 0.29) is 0 Å². The molecule has 2 fully saturated rings. The third-order valence-electron chi connectivity index (χ3n) is 4.64. The maximum absolute atomic E-state index is 4.86. The Morgan fingerprint density at radius 3 is 3.05 bits per heavy atom. The number of rotatable bonds is 4. The summed E-state index contributed by atoms with van der Waals surface area (Å²) in [6.07, 6.45) is 6.96. The van der Waals surface area contributed by atoms with Gasteiger partial charge in [0.25, 0.3) is 0 Å². The number of nitrogens with one attached hydrogen (secondary N) is 1. The first-order chi connectivity index (χ1) is 9.38. The van der Waals surface area contributed by atoms with E-state index in [0.717, 1.165) is 25.0 Å². The minimum atomic E-state index is 0.760. The van der Waals surface area contributed by atoms with Crippen LogP contribution in [0, 0.1) is 5.92 Å². The fourth-order valence-corrected chi connectivity index (χ4v) is 3.72. The number of nitrogens with zero attached hydrogens (tertiary/aromatic N) is 2. The molecule has 1 aromatic rings. The Labute approximate surface area is 116 Å². The summed E-state index contributed by atoms with van der Waals surface area (Å²) in [7, 11) is 0. The van der Waals surface area contributed by atoms with E-state index >= 15 is 0 Å². The van der Waals surface area contributed by atoms with Gasteiger partial charge in [-0.2, -0.15) is 0 Å². The molecule has 0 radical (unpaired) electrons. The molecule has 19 heavy (non-hydrogen) atoms. The SMILES string of the molecule is CCNCc1cccc(N2CCCC3CCCC32)n1. The van der Waals surface area contributed by atoms with Crippen LogP contribution in [0.3, 0.4) is 0 Å². The second-order valence-electron chi connectivity index (χ2n) is 5.86. The van der Waals surface area contributed by atoms with Gasteiger partial charge in [-0.1, -0.05) is 19.4 Å². The van der Waals surface area contributed by atoms with E-state index in [2.05, 4.69) is 35.3 Å². The standard InChI is InChI=1S/C16H25N3/c1-2-17-12-14-8-4-10-16(18-14)19-11-5-7-13-6-3-9-15(13)19/h4,8,10,13,15,17H,2-3,5-7,9,11-12H2,1H3. The third-order valence-corrected chi connectivity index (χ3v) is 4.64. The van der Waals surface area contributed by atoms with Gasteiger partial charge in [0, 0.05) is 19.1 Å². The Balaban J connectivity index is 1.76. The molecule has 1 saturated carbocycles. The second kappa shape index (κ2) is 5.91. The molecule has 0 spiro atoms. The molecule has 0 bridgehead atoms. The minimum Gasteiger partial charge on any atom is -0.353 e. The molecule has 1 aliphatic carbocycles. The van der Waals surface area contributed by atoms with E-state index in [4.69, 9.17) is 4.98 Å². The second-order valence-corrected chi connectivity index (χ2v) is 5.86. The summed E-state index contributed by atoms with van der Waals surface area (Å²) in [6, 6.07) is 7.24. The van der Waals surface area contributed by atoms with Gasteiger partial charge in [-0.25, -0.2) is 4.98 Å². The van der Waals surface area contributed by atoms with Crippen LogP contribution in [0.1, 0.15) is 44.7 Å². The number of hydrogen-bond donors (Lipinski definition) is 1. The van der Waals surface area contributed by atoms with Crippen molar-refractivity contribution in [2.24, 2.45) is 5.92 Å². The summed E-state index contributed by atoms with van der Waals surface area (Å²) in [5.74, 6) is 2.12. The maximum Gasteiger partial charge on any atom is 0.129 e. The highest BCUT2D eigenvalue weighted by Crippen LogP contribution is 2.38. The average molecular weight is 259 g/mol. The van der Waals surface area contributed by atoms with Crippen molar-refractivity contribution in [2.75, 3.05) is 18.0 Å². The van der Waals surface area contributed by atoms with Crippen LogP contribution < -0.4 is 10.2 Å². The van der Waals surface area contributed by atoms with Crippen LogP contribution in [0.25, 0.3) is 0 Å². The predicted octanol–water partition coefficient (Wildman–Crippen LogP) is 2.96. The first kappa shape index (κ1) is 12.9. The van der Waals surface area contributed by atoms with Gasteiger partial charge in [0.15, 0.2) is 0 Å². The van der Waals surface area contributed by atoms with Crippen molar-refractivity contribution in [3.63, 3.8) is 0 Å². The third kappa shape index (κ3) is 2.76. The van der Waals surface area contributed by atoms with E-state index < -0.39 is 0 Å². The van der Waals surface area contributed by atoms with Crippen molar-refractivity contribution in [2.45, 2.75) is 51.6 Å². The highest BCUT2D eigenvalue weighted by Gasteiger charge is 2.35. The molecular weight excluding hydrogens is 234 g/mol. The largest absolute Gasteiger partial charge is 0.353 e. The van der Waals surface area contributed by atoms with Gasteiger partial charge in [-0.15, -0.1) is 0 Å². The van der Waals surface area contributed by atoms with E-state index in [1.54, 1.807) is 0 Å². The Morgan fingerprint density at radius 2 is 2.16 bits per heavy atom. The molecule has 3 heteroatoms. The zero-order valence-electron chi connectivity index (χ0n) is 11.9. The molecule has 2 aliphatic rings. The smallest absolute Gasteiger partial charge is 0.129 e. The monoisotopic (exact) mass is 259 g/mol. The quantitative estimate of drug-likeness (QED) is 0.901. The molecular formula is C16H25N3. The lowest BCUT2D eigenvalue weighted by Crippen LogP contribution is -2.43. The van der Waals surface area contributed by atoms with E-state index in [1.165, 1.54) is 50.2 Å². The summed E-state index contributed by atoms with van der Waals surface area (Å²) < 4.78 is 0. The zero-order valence-corrected chi connectivity index (χ0v) is 11.9. The molecule has 1 N–H and O–H groups in total. The number of anilines is 1. The van der Waals surface area contributed by atoms with E-state index in [1.807, 2.05) is 0 Å². The van der Waals surface area contributed by atoms with Crippen LogP contribution >= 0.6 is 0 Å². The number of hydrogen-bond acceptors (Lipinski definition) is 3. The van der Waals surface area contributed by atoms with Crippen LogP contribution in [0.2, 0.25) is 0 Å². The van der Waals surface area contributed by atoms with Crippen LogP contribution in [-0.2, 0) is 6.54 Å². The van der Waals surface area contributed by atoms with Crippen molar-refractivity contribution in [1.82, 2.24) is 10.3 Å². The Bertz CT molecular complexity index is 418. The molecule has 0 amide bonds. The summed E-state index contributed by atoms with van der Waals surface area (Å²) in [5.41, 5.74) is 1.17. The van der Waals surface area contributed by atoms with Crippen molar-refractivity contribution in [3.05, 3.63) is 23.9 Å². The van der Waals surface area contributed by atoms with Crippen molar-refractivity contribution >= 4 is 5.82 Å². The summed E-state index contributed by atoms with van der Waals surface area (Å²) >= 11 is 0. The Kier molecular flexibility index (Phi) is 4.02. The number of piperidine rings is 1. The Morgan fingerprint density at radius 1 is 1.26 bits per heavy atom. The lowest BCUT2D eigenvalue weighted by atomic mass is 9.92. The molecule has 2 unspecified atom stereocenters. The summed E-state index contributed by atoms with van der Waals surface area (Å²) in [6.45, 7) is 5.21. The van der Waals surface area contributed by atoms with Crippen molar-refractivity contribution < 1.29 is 0 Å². The molecule has 0 aromatic carbocycles. The highest BCUT2D eigenvalue weighted by atomic mass is 15.2. The van der Waals surface area contributed by atoms with E-state index in [0.29, 0.717) is 0 Å². The lowest BCUT2D eigenvalue weighted by Gasteiger charge is -2.38. The fourth-order valence-electron chi connectivity index (χ4n) is 3.72. The van der Waals surface area contributed by atoms with Gasteiger partial charge >= 0.3 is 0 Å². The van der Waals surface area contributed by atoms with Gasteiger partial charge in [0.05, 0.1) is 5.69 Å². The van der Waals surface area contributed by atoms with Gasteiger partial charge < -0.3 is 10.2 Å². The zero-order chi connectivity index (χ0) is 13.1. The average Bonchev–Trinajstić information content (AvgIpc) is 2.93. The normalized spacial score (nSPS) is 26.5. The minimum absolute atomic E-state index is 0.760. The molecule has 2 heterocycles. The fraction of sp³-hybridized carbons (Fsp3) is 0.688. The van der Waals surface area contributed by atoms with Gasteiger partial charge in [-0.3, -0.25) is 0 Å². The predicted molar refractivity (Wildman–Crippen MR) is 79.3 cm³/mol. The number of pyridine rings is 1. The first-order valence-electron chi connectivity index (χ1n) is 7.82. The van der Waals surface area contributed by atoms with Gasteiger partial charge in [0.2, 0.25) is 0 Å². The molecule has 1 aromatic heterocycles. The molecule has 1 aliphatic heterocycles. The van der Waals surface area contributed by atoms with Gasteiger partial charge in [0.1, 0.15) is 5.82 Å². The molecule has 104 valence electrons. The van der Waals surface area contributed by atoms with E-state index in [9.17, 15) is 0 Å². The summed E-state index contributed by atoms with van der Waals surface area (Å²) in [4.78, 5) is 7.44. The highest BCUT2D eigenvalue weighted by molar-refractivity contribution is 5.42. The van der Waals surface area contributed by atoms with Crippen LogP contribution in [-0.4, -0.2) is 24.1 Å². The molecule has 1 saturated heterocycles. The Hall–Kier alpha value is -1.09. The first-order valence-corrected chi connectivity index (χ1v) is 7.82. The van der Waals surface area contributed by atoms with Crippen LogP contribution in [0.4, 0.5) is 5.82 Å². The van der Waals surface area contributed by atoms with Crippen LogP contribution in [0.5, 0.6) is 0 Å². The number of fused-ring (bicyclic) bond motifs is 1. The van der Waals surface area contributed by atoms with Crippen LogP contribution in [0.15, 0.2) is 18.2 Å². The molecule has 2 atom stereocenters. The van der Waals surface area contributed by atoms with Crippen molar-refractivity contribution in [3.8, 4) is 0 Å². The molecule has 3 nitrogen and oxygen atoms in total. The lowest BCUT2D eigenvalue weighted by molar-refractivity contribution is 0.360. The van der Waals surface area contributed by atoms with Crippen molar-refractivity contribution in [1.29, 1.82) is 0 Å². The number of aromatic nitrogens is 1. The van der Waals surface area contributed by atoms with Gasteiger partial charge in [-0.05, 0) is 50.3 Å². The summed E-state index contributed by atoms with van der Waals surface area (Å²) in [5, 5.41) is 3.36. The maximum atomic E-state index is 4.86. The molecule has 3 rings (SSSR count).